The first kappa shape index (κ1) is 20.3. The first-order valence-electron chi connectivity index (χ1n) is 9.86. The fourth-order valence-electron chi connectivity index (χ4n) is 5.41. The summed E-state index contributed by atoms with van der Waals surface area (Å²) in [6, 6.07) is 6.54. The zero-order chi connectivity index (χ0) is 18.6. The van der Waals surface area contributed by atoms with Crippen molar-refractivity contribution in [1.29, 1.82) is 0 Å². The number of rotatable bonds is 3. The van der Waals surface area contributed by atoms with E-state index >= 15 is 0 Å². The number of methoxy groups -OCH3 is 1. The molecule has 3 heteroatoms. The molecular formula is C22H36O3. The smallest absolute Gasteiger partial charge is 0.119 e. The fourth-order valence-corrected chi connectivity index (χ4v) is 5.41. The molecule has 0 saturated heterocycles. The van der Waals surface area contributed by atoms with Gasteiger partial charge in [0.2, 0.25) is 0 Å². The Morgan fingerprint density at radius 3 is 2.44 bits per heavy atom. The van der Waals surface area contributed by atoms with Crippen LogP contribution < -0.4 is 4.74 Å². The predicted molar refractivity (Wildman–Crippen MR) is 103 cm³/mol. The van der Waals surface area contributed by atoms with Gasteiger partial charge in [0.05, 0.1) is 13.2 Å². The molecule has 0 bridgehead atoms. The molecule has 5 unspecified atom stereocenters. The summed E-state index contributed by atoms with van der Waals surface area (Å²) in [6.45, 7) is 8.80. The van der Waals surface area contributed by atoms with Gasteiger partial charge in [0.25, 0.3) is 0 Å². The minimum Gasteiger partial charge on any atom is -0.497 e. The van der Waals surface area contributed by atoms with Gasteiger partial charge in [-0.25, -0.2) is 0 Å². The number of ether oxygens (including phenoxy) is 1. The summed E-state index contributed by atoms with van der Waals surface area (Å²) < 4.78 is 5.36. The molecule has 0 aliphatic heterocycles. The third kappa shape index (κ3) is 3.88. The molecule has 5 atom stereocenters. The van der Waals surface area contributed by atoms with Gasteiger partial charge in [0, 0.05) is 6.61 Å². The van der Waals surface area contributed by atoms with Crippen molar-refractivity contribution in [3.8, 4) is 5.75 Å². The van der Waals surface area contributed by atoms with Gasteiger partial charge in [0.15, 0.2) is 0 Å². The standard InChI is InChI=1S/C20H30O2.C2H6O/c1-5-15-17(16-7-6-14(22-4)12-13(16)2)10-11-20(3)18(15)8-9-19(20)21;1-2-3/h6-7,12,15,17-19,21H,5,8-11H2,1-4H3;3H,2H2,1H3. The van der Waals surface area contributed by atoms with E-state index in [1.54, 1.807) is 14.0 Å². The van der Waals surface area contributed by atoms with Crippen LogP contribution in [0.25, 0.3) is 0 Å². The van der Waals surface area contributed by atoms with E-state index in [4.69, 9.17) is 9.84 Å². The number of benzene rings is 1. The summed E-state index contributed by atoms with van der Waals surface area (Å²) in [5.41, 5.74) is 3.00. The molecule has 3 nitrogen and oxygen atoms in total. The van der Waals surface area contributed by atoms with Gasteiger partial charge in [-0.05, 0) is 86.0 Å². The molecule has 25 heavy (non-hydrogen) atoms. The second-order valence-electron chi connectivity index (χ2n) is 7.96. The first-order chi connectivity index (χ1) is 11.9. The van der Waals surface area contributed by atoms with Crippen LogP contribution >= 0.6 is 0 Å². The zero-order valence-corrected chi connectivity index (χ0v) is 16.6. The largest absolute Gasteiger partial charge is 0.497 e. The second-order valence-corrected chi connectivity index (χ2v) is 7.96. The van der Waals surface area contributed by atoms with E-state index in [2.05, 4.69) is 39.0 Å². The van der Waals surface area contributed by atoms with Gasteiger partial charge in [0.1, 0.15) is 5.75 Å². The highest BCUT2D eigenvalue weighted by atomic mass is 16.5. The van der Waals surface area contributed by atoms with Crippen LogP contribution in [-0.2, 0) is 0 Å². The molecule has 1 aromatic carbocycles. The summed E-state index contributed by atoms with van der Waals surface area (Å²) in [4.78, 5) is 0. The topological polar surface area (TPSA) is 49.7 Å². The van der Waals surface area contributed by atoms with Crippen molar-refractivity contribution in [1.82, 2.24) is 0 Å². The molecule has 0 heterocycles. The van der Waals surface area contributed by atoms with Crippen molar-refractivity contribution >= 4 is 0 Å². The third-order valence-corrected chi connectivity index (χ3v) is 6.73. The summed E-state index contributed by atoms with van der Waals surface area (Å²) in [7, 11) is 1.73. The highest BCUT2D eigenvalue weighted by molar-refractivity contribution is 5.38. The van der Waals surface area contributed by atoms with Crippen LogP contribution in [0.2, 0.25) is 0 Å². The quantitative estimate of drug-likeness (QED) is 0.833. The monoisotopic (exact) mass is 348 g/mol. The van der Waals surface area contributed by atoms with Crippen molar-refractivity contribution in [2.75, 3.05) is 13.7 Å². The first-order valence-corrected chi connectivity index (χ1v) is 9.86. The van der Waals surface area contributed by atoms with Crippen LogP contribution in [0.1, 0.15) is 69.9 Å². The maximum atomic E-state index is 10.5. The minimum atomic E-state index is -0.0931. The Hall–Kier alpha value is -1.06. The van der Waals surface area contributed by atoms with Gasteiger partial charge in [-0.1, -0.05) is 26.3 Å². The van der Waals surface area contributed by atoms with Crippen molar-refractivity contribution < 1.29 is 14.9 Å². The maximum absolute atomic E-state index is 10.5. The molecule has 142 valence electrons. The van der Waals surface area contributed by atoms with Crippen molar-refractivity contribution in [3.63, 3.8) is 0 Å². The Kier molecular flexibility index (Phi) is 6.93. The fraction of sp³-hybridized carbons (Fsp3) is 0.727. The Morgan fingerprint density at radius 1 is 1.20 bits per heavy atom. The zero-order valence-electron chi connectivity index (χ0n) is 16.6. The van der Waals surface area contributed by atoms with Crippen LogP contribution in [0.3, 0.4) is 0 Å². The van der Waals surface area contributed by atoms with E-state index in [1.165, 1.54) is 30.4 Å². The molecule has 2 saturated carbocycles. The number of fused-ring (bicyclic) bond motifs is 1. The minimum absolute atomic E-state index is 0.0931. The van der Waals surface area contributed by atoms with E-state index in [9.17, 15) is 5.11 Å². The van der Waals surface area contributed by atoms with Crippen LogP contribution in [-0.4, -0.2) is 30.0 Å². The summed E-state index contributed by atoms with van der Waals surface area (Å²) >= 11 is 0. The van der Waals surface area contributed by atoms with Crippen molar-refractivity contribution in [2.24, 2.45) is 17.3 Å². The molecule has 2 aliphatic rings. The molecule has 0 radical (unpaired) electrons. The molecule has 0 aromatic heterocycles. The summed E-state index contributed by atoms with van der Waals surface area (Å²) in [5.74, 6) is 2.96. The highest BCUT2D eigenvalue weighted by Crippen LogP contribution is 2.59. The van der Waals surface area contributed by atoms with E-state index < -0.39 is 0 Å². The lowest BCUT2D eigenvalue weighted by Crippen LogP contribution is -2.42. The molecule has 0 spiro atoms. The van der Waals surface area contributed by atoms with Gasteiger partial charge < -0.3 is 14.9 Å². The van der Waals surface area contributed by atoms with Crippen LogP contribution in [0.15, 0.2) is 18.2 Å². The van der Waals surface area contributed by atoms with Gasteiger partial charge in [-0.2, -0.15) is 0 Å². The number of hydrogen-bond donors (Lipinski definition) is 2. The lowest BCUT2D eigenvalue weighted by atomic mass is 9.57. The predicted octanol–water partition coefficient (Wildman–Crippen LogP) is 4.68. The van der Waals surface area contributed by atoms with E-state index in [-0.39, 0.29) is 18.1 Å². The molecule has 2 fully saturated rings. The van der Waals surface area contributed by atoms with E-state index in [0.717, 1.165) is 18.6 Å². The Labute approximate surface area is 153 Å². The Morgan fingerprint density at radius 2 is 1.88 bits per heavy atom. The van der Waals surface area contributed by atoms with Crippen LogP contribution in [0.5, 0.6) is 5.75 Å². The number of hydrogen-bond acceptors (Lipinski definition) is 3. The number of aliphatic hydroxyl groups excluding tert-OH is 2. The number of aliphatic hydroxyl groups is 2. The van der Waals surface area contributed by atoms with E-state index in [0.29, 0.717) is 17.8 Å². The molecular weight excluding hydrogens is 312 g/mol. The Bertz CT molecular complexity index is 556. The molecule has 2 aliphatic carbocycles. The molecule has 2 N–H and O–H groups in total. The molecule has 0 amide bonds. The Balaban J connectivity index is 0.000000701. The third-order valence-electron chi connectivity index (χ3n) is 6.73. The average Bonchev–Trinajstić information content (AvgIpc) is 2.90. The lowest BCUT2D eigenvalue weighted by molar-refractivity contribution is -0.0195. The lowest BCUT2D eigenvalue weighted by Gasteiger charge is -2.48. The normalized spacial score (nSPS) is 34.0. The second kappa shape index (κ2) is 8.55. The summed E-state index contributed by atoms with van der Waals surface area (Å²) in [6.07, 6.45) is 5.67. The van der Waals surface area contributed by atoms with Gasteiger partial charge in [-0.3, -0.25) is 0 Å². The SMILES string of the molecule is CCC1C(c2ccc(OC)cc2C)CCC2(C)C(O)CCC12.CCO. The summed E-state index contributed by atoms with van der Waals surface area (Å²) in [5, 5.41) is 18.0. The molecule has 1 aromatic rings. The van der Waals surface area contributed by atoms with E-state index in [1.807, 2.05) is 0 Å². The van der Waals surface area contributed by atoms with Gasteiger partial charge >= 0.3 is 0 Å². The highest BCUT2D eigenvalue weighted by Gasteiger charge is 2.53. The van der Waals surface area contributed by atoms with Crippen LogP contribution in [0.4, 0.5) is 0 Å². The molecule has 3 rings (SSSR count). The average molecular weight is 349 g/mol. The van der Waals surface area contributed by atoms with Crippen molar-refractivity contribution in [2.45, 2.75) is 71.8 Å². The maximum Gasteiger partial charge on any atom is 0.119 e. The number of aryl methyl sites for hydroxylation is 1. The van der Waals surface area contributed by atoms with Crippen LogP contribution in [0, 0.1) is 24.2 Å². The van der Waals surface area contributed by atoms with Gasteiger partial charge in [-0.15, -0.1) is 0 Å². The van der Waals surface area contributed by atoms with Crippen molar-refractivity contribution in [3.05, 3.63) is 29.3 Å².